The van der Waals surface area contributed by atoms with E-state index in [0.29, 0.717) is 29.3 Å². The number of rotatable bonds is 3. The van der Waals surface area contributed by atoms with Crippen molar-refractivity contribution in [2.45, 2.75) is 6.61 Å². The second-order valence-corrected chi connectivity index (χ2v) is 9.72. The molecule has 0 aliphatic rings. The smallest absolute Gasteiger partial charge is 0.339 e. The van der Waals surface area contributed by atoms with Gasteiger partial charge < -0.3 is 4.74 Å². The first kappa shape index (κ1) is 17.2. The summed E-state index contributed by atoms with van der Waals surface area (Å²) in [5.74, 6) is 0. The molecule has 0 radical (unpaired) electrons. The molecule has 5 nitrogen and oxygen atoms in total. The molecule has 0 fully saturated rings. The van der Waals surface area contributed by atoms with Crippen molar-refractivity contribution in [3.63, 3.8) is 0 Å². The second-order valence-electron chi connectivity index (χ2n) is 2.72. The number of hydrogen-bond acceptors (Lipinski definition) is 4. The Hall–Kier alpha value is 0.230. The Bertz CT molecular complexity index is 423. The maximum atomic E-state index is 10.5. The maximum Gasteiger partial charge on any atom is 0.339 e. The molecule has 0 unspecified atom stereocenters. The van der Waals surface area contributed by atoms with E-state index in [0.717, 1.165) is 0 Å². The molecular formula is C7H9Cl4N2O3P. The predicted octanol–water partition coefficient (Wildman–Crippen LogP) is 3.84. The number of nitrogens with zero attached hydrogens (tertiary/aromatic N) is 2. The van der Waals surface area contributed by atoms with E-state index >= 15 is 0 Å². The number of ether oxygens (including phenoxy) is 1. The average molecular weight is 342 g/mol. The van der Waals surface area contributed by atoms with Crippen LogP contribution in [0.15, 0.2) is 0 Å². The van der Waals surface area contributed by atoms with Gasteiger partial charge in [-0.1, -0.05) is 11.6 Å². The van der Waals surface area contributed by atoms with Crippen molar-refractivity contribution in [3.05, 3.63) is 16.4 Å². The lowest BCUT2D eigenvalue weighted by Gasteiger charge is -1.92. The van der Waals surface area contributed by atoms with Gasteiger partial charge in [-0.15, -0.1) is 0 Å². The van der Waals surface area contributed by atoms with Crippen LogP contribution < -0.4 is 0 Å². The zero-order chi connectivity index (χ0) is 13.6. The summed E-state index contributed by atoms with van der Waals surface area (Å²) in [6.45, 7) is 0.300. The van der Waals surface area contributed by atoms with E-state index in [1.807, 2.05) is 0 Å². The normalized spacial score (nSPS) is 10.7. The molecule has 0 aromatic carbocycles. The highest BCUT2D eigenvalue weighted by molar-refractivity contribution is 8.24. The van der Waals surface area contributed by atoms with Crippen molar-refractivity contribution in [3.8, 4) is 0 Å². The fraction of sp³-hybridized carbons (Fsp3) is 0.429. The molecule has 98 valence electrons. The molecule has 0 aliphatic heterocycles. The number of aromatic nitrogens is 2. The molecule has 1 rings (SSSR count). The Morgan fingerprint density at radius 3 is 2.29 bits per heavy atom. The third-order valence-electron chi connectivity index (χ3n) is 1.49. The van der Waals surface area contributed by atoms with Gasteiger partial charge in [0, 0.05) is 14.2 Å². The van der Waals surface area contributed by atoms with Crippen molar-refractivity contribution in [2.24, 2.45) is 7.05 Å². The first-order valence-corrected chi connectivity index (χ1v) is 8.85. The van der Waals surface area contributed by atoms with Crippen LogP contribution >= 0.6 is 50.5 Å². The number of methoxy groups -OCH3 is 1. The minimum absolute atomic E-state index is 0.300. The van der Waals surface area contributed by atoms with Gasteiger partial charge in [0.2, 0.25) is 0 Å². The number of aldehydes is 1. The van der Waals surface area contributed by atoms with Crippen LogP contribution in [0, 0.1) is 0 Å². The molecule has 1 aromatic rings. The van der Waals surface area contributed by atoms with E-state index in [1.54, 1.807) is 7.05 Å². The van der Waals surface area contributed by atoms with Gasteiger partial charge in [0.15, 0.2) is 6.29 Å². The van der Waals surface area contributed by atoms with Gasteiger partial charge >= 0.3 is 5.20 Å². The Labute approximate surface area is 118 Å². The number of halogens is 4. The quantitative estimate of drug-likeness (QED) is 0.619. The van der Waals surface area contributed by atoms with Crippen LogP contribution in [-0.4, -0.2) is 23.2 Å². The van der Waals surface area contributed by atoms with Crippen molar-refractivity contribution in [2.75, 3.05) is 7.11 Å². The number of carbonyl (C=O) groups is 1. The summed E-state index contributed by atoms with van der Waals surface area (Å²) in [5.41, 5.74) is 0.973. The fourth-order valence-electron chi connectivity index (χ4n) is 0.932. The van der Waals surface area contributed by atoms with E-state index in [4.69, 9.17) is 16.3 Å². The summed E-state index contributed by atoms with van der Waals surface area (Å²) < 4.78 is 15.8. The largest absolute Gasteiger partial charge is 0.378 e. The molecule has 0 spiro atoms. The van der Waals surface area contributed by atoms with Gasteiger partial charge in [-0.25, -0.2) is 0 Å². The van der Waals surface area contributed by atoms with Crippen LogP contribution in [-0.2, 0) is 23.0 Å². The Morgan fingerprint density at radius 1 is 1.47 bits per heavy atom. The zero-order valence-corrected chi connectivity index (χ0v) is 12.8. The monoisotopic (exact) mass is 340 g/mol. The molecule has 0 N–H and O–H groups in total. The molecule has 0 saturated carbocycles. The van der Waals surface area contributed by atoms with Gasteiger partial charge in [-0.2, -0.15) is 5.10 Å². The highest BCUT2D eigenvalue weighted by Gasteiger charge is 2.12. The van der Waals surface area contributed by atoms with Crippen molar-refractivity contribution >= 4 is 56.8 Å². The maximum absolute atomic E-state index is 10.5. The lowest BCUT2D eigenvalue weighted by Crippen LogP contribution is -1.94. The Kier molecular flexibility index (Phi) is 7.72. The SMILES string of the molecule is COCc1nn(C)c(Cl)c1C=O.O=P(Cl)(Cl)Cl. The summed E-state index contributed by atoms with van der Waals surface area (Å²) >= 11 is 19.6. The molecule has 10 heteroatoms. The third kappa shape index (κ3) is 7.29. The first-order valence-electron chi connectivity index (χ1n) is 4.05. The summed E-state index contributed by atoms with van der Waals surface area (Å²) in [4.78, 5) is 10.5. The Morgan fingerprint density at radius 2 is 1.94 bits per heavy atom. The second kappa shape index (κ2) is 7.62. The van der Waals surface area contributed by atoms with Gasteiger partial charge in [0.1, 0.15) is 10.8 Å². The molecule has 0 aliphatic carbocycles. The lowest BCUT2D eigenvalue weighted by molar-refractivity contribution is 0.111. The van der Waals surface area contributed by atoms with Crippen molar-refractivity contribution < 1.29 is 14.1 Å². The molecule has 1 aromatic heterocycles. The van der Waals surface area contributed by atoms with E-state index in [2.05, 4.69) is 38.8 Å². The fourth-order valence-corrected chi connectivity index (χ4v) is 1.12. The van der Waals surface area contributed by atoms with Gasteiger partial charge in [0.25, 0.3) is 0 Å². The summed E-state index contributed by atoms with van der Waals surface area (Å²) in [6.07, 6.45) is 0.684. The van der Waals surface area contributed by atoms with Crippen LogP contribution in [0.5, 0.6) is 0 Å². The number of carbonyl (C=O) groups excluding carboxylic acids is 1. The number of hydrogen-bond donors (Lipinski definition) is 0. The molecule has 0 bridgehead atoms. The lowest BCUT2D eigenvalue weighted by atomic mass is 10.3. The summed E-state index contributed by atoms with van der Waals surface area (Å²) in [6, 6.07) is 0. The average Bonchev–Trinajstić information content (AvgIpc) is 2.40. The molecule has 17 heavy (non-hydrogen) atoms. The first-order chi connectivity index (χ1) is 7.70. The van der Waals surface area contributed by atoms with E-state index < -0.39 is 5.20 Å². The minimum Gasteiger partial charge on any atom is -0.378 e. The molecule has 0 atom stereocenters. The number of aryl methyl sites for hydroxylation is 1. The van der Waals surface area contributed by atoms with Crippen LogP contribution in [0.2, 0.25) is 5.15 Å². The highest BCUT2D eigenvalue weighted by atomic mass is 36.0. The third-order valence-corrected chi connectivity index (χ3v) is 1.94. The van der Waals surface area contributed by atoms with Crippen LogP contribution in [0.3, 0.4) is 0 Å². The Balaban J connectivity index is 0.000000437. The van der Waals surface area contributed by atoms with Crippen LogP contribution in [0.25, 0.3) is 0 Å². The van der Waals surface area contributed by atoms with Crippen LogP contribution in [0.1, 0.15) is 16.1 Å². The molecule has 1 heterocycles. The van der Waals surface area contributed by atoms with Gasteiger partial charge in [0.05, 0.1) is 12.2 Å². The summed E-state index contributed by atoms with van der Waals surface area (Å²) in [5, 5.41) is 1.12. The van der Waals surface area contributed by atoms with E-state index in [-0.39, 0.29) is 0 Å². The van der Waals surface area contributed by atoms with Crippen molar-refractivity contribution in [1.82, 2.24) is 9.78 Å². The molecule has 0 saturated heterocycles. The van der Waals surface area contributed by atoms with Gasteiger partial charge in [-0.3, -0.25) is 14.0 Å². The summed E-state index contributed by atoms with van der Waals surface area (Å²) in [7, 11) is 3.21. The zero-order valence-electron chi connectivity index (χ0n) is 8.86. The highest BCUT2D eigenvalue weighted by Crippen LogP contribution is 2.61. The van der Waals surface area contributed by atoms with Gasteiger partial charge in [-0.05, 0) is 33.7 Å². The predicted molar refractivity (Wildman–Crippen MR) is 69.5 cm³/mol. The van der Waals surface area contributed by atoms with E-state index in [9.17, 15) is 9.36 Å². The standard InChI is InChI=1S/C7H9ClN2O2.Cl3OP/c1-10-7(8)5(3-11)6(9-10)4-12-2;1-5(2,3)4/h3H,4H2,1-2H3;. The topological polar surface area (TPSA) is 61.2 Å². The molecule has 0 amide bonds. The van der Waals surface area contributed by atoms with E-state index in [1.165, 1.54) is 11.8 Å². The molecular weight excluding hydrogens is 333 g/mol. The van der Waals surface area contributed by atoms with Crippen LogP contribution in [0.4, 0.5) is 0 Å². The minimum atomic E-state index is -3.22. The van der Waals surface area contributed by atoms with Crippen molar-refractivity contribution in [1.29, 1.82) is 0 Å².